The quantitative estimate of drug-likeness (QED) is 0.794. The highest BCUT2D eigenvalue weighted by molar-refractivity contribution is 9.09. The summed E-state index contributed by atoms with van der Waals surface area (Å²) in [5.74, 6) is 0. The van der Waals surface area contributed by atoms with E-state index in [2.05, 4.69) is 20.9 Å². The Bertz CT molecular complexity index is 341. The summed E-state index contributed by atoms with van der Waals surface area (Å²) in [7, 11) is 0. The standard InChI is InChI=1S/C10H12BrF3N2/c1-8-6-9(2-4-15-8)16(5-3-11)7-10(12,13)14/h2,4,6H,3,5,7H2,1H3. The minimum atomic E-state index is -4.20. The molecule has 0 fully saturated rings. The monoisotopic (exact) mass is 296 g/mol. The molecule has 0 spiro atoms. The van der Waals surface area contributed by atoms with Gasteiger partial charge >= 0.3 is 6.18 Å². The number of nitrogens with zero attached hydrogens (tertiary/aromatic N) is 2. The van der Waals surface area contributed by atoms with Crippen molar-refractivity contribution in [3.63, 3.8) is 0 Å². The second kappa shape index (κ2) is 5.52. The van der Waals surface area contributed by atoms with E-state index in [4.69, 9.17) is 0 Å². The maximum atomic E-state index is 12.3. The molecule has 0 radical (unpaired) electrons. The number of aromatic nitrogens is 1. The summed E-state index contributed by atoms with van der Waals surface area (Å²) in [4.78, 5) is 5.24. The van der Waals surface area contributed by atoms with Crippen molar-refractivity contribution in [2.24, 2.45) is 0 Å². The van der Waals surface area contributed by atoms with Gasteiger partial charge in [0.2, 0.25) is 0 Å². The predicted molar refractivity (Wildman–Crippen MR) is 61.0 cm³/mol. The number of halogens is 4. The number of pyridine rings is 1. The largest absolute Gasteiger partial charge is 0.405 e. The lowest BCUT2D eigenvalue weighted by Gasteiger charge is -2.25. The van der Waals surface area contributed by atoms with Crippen molar-refractivity contribution in [3.8, 4) is 0 Å². The molecule has 0 aliphatic rings. The van der Waals surface area contributed by atoms with Gasteiger partial charge in [-0.25, -0.2) is 0 Å². The third-order valence-corrected chi connectivity index (χ3v) is 2.32. The first-order valence-corrected chi connectivity index (χ1v) is 5.85. The first-order valence-electron chi connectivity index (χ1n) is 4.72. The fourth-order valence-electron chi connectivity index (χ4n) is 1.35. The normalized spacial score (nSPS) is 11.6. The van der Waals surface area contributed by atoms with Gasteiger partial charge in [0.05, 0.1) is 0 Å². The van der Waals surface area contributed by atoms with Crippen molar-refractivity contribution >= 4 is 21.6 Å². The minimum Gasteiger partial charge on any atom is -0.362 e. The maximum absolute atomic E-state index is 12.3. The molecule has 16 heavy (non-hydrogen) atoms. The van der Waals surface area contributed by atoms with Crippen LogP contribution >= 0.6 is 15.9 Å². The van der Waals surface area contributed by atoms with Gasteiger partial charge in [-0.2, -0.15) is 13.2 Å². The highest BCUT2D eigenvalue weighted by Gasteiger charge is 2.30. The molecule has 1 aromatic rings. The Morgan fingerprint density at radius 2 is 2.12 bits per heavy atom. The molecule has 0 unspecified atom stereocenters. The Morgan fingerprint density at radius 1 is 1.44 bits per heavy atom. The van der Waals surface area contributed by atoms with Crippen molar-refractivity contribution in [2.45, 2.75) is 13.1 Å². The summed E-state index contributed by atoms with van der Waals surface area (Å²) in [6, 6.07) is 3.23. The number of aryl methyl sites for hydroxylation is 1. The molecule has 0 aliphatic heterocycles. The van der Waals surface area contributed by atoms with E-state index in [1.54, 1.807) is 19.1 Å². The predicted octanol–water partition coefficient (Wildman–Crippen LogP) is 3.15. The Labute approximate surface area is 101 Å². The van der Waals surface area contributed by atoms with Crippen LogP contribution in [0.4, 0.5) is 18.9 Å². The number of hydrogen-bond acceptors (Lipinski definition) is 2. The van der Waals surface area contributed by atoms with Gasteiger partial charge in [-0.15, -0.1) is 0 Å². The zero-order valence-corrected chi connectivity index (χ0v) is 10.3. The molecule has 1 aromatic heterocycles. The molecule has 0 saturated carbocycles. The van der Waals surface area contributed by atoms with Crippen LogP contribution in [0.25, 0.3) is 0 Å². The molecule has 0 saturated heterocycles. The zero-order chi connectivity index (χ0) is 12.2. The van der Waals surface area contributed by atoms with E-state index in [1.165, 1.54) is 11.1 Å². The third-order valence-electron chi connectivity index (χ3n) is 1.97. The van der Waals surface area contributed by atoms with E-state index in [0.717, 1.165) is 0 Å². The molecule has 0 bridgehead atoms. The molecule has 2 nitrogen and oxygen atoms in total. The van der Waals surface area contributed by atoms with E-state index in [0.29, 0.717) is 23.3 Å². The van der Waals surface area contributed by atoms with E-state index in [9.17, 15) is 13.2 Å². The first-order chi connectivity index (χ1) is 7.42. The zero-order valence-electron chi connectivity index (χ0n) is 8.76. The van der Waals surface area contributed by atoms with Crippen molar-refractivity contribution < 1.29 is 13.2 Å². The molecule has 0 atom stereocenters. The van der Waals surface area contributed by atoms with Crippen molar-refractivity contribution in [1.82, 2.24) is 4.98 Å². The van der Waals surface area contributed by atoms with E-state index >= 15 is 0 Å². The SMILES string of the molecule is Cc1cc(N(CCBr)CC(F)(F)F)ccn1. The van der Waals surface area contributed by atoms with E-state index < -0.39 is 12.7 Å². The second-order valence-electron chi connectivity index (χ2n) is 3.38. The Kier molecular flexibility index (Phi) is 4.58. The fourth-order valence-corrected chi connectivity index (χ4v) is 1.77. The molecule has 0 amide bonds. The van der Waals surface area contributed by atoms with Crippen LogP contribution in [-0.4, -0.2) is 29.6 Å². The molecule has 0 aliphatic carbocycles. The molecular formula is C10H12BrF3N2. The number of rotatable bonds is 4. The van der Waals surface area contributed by atoms with Gasteiger partial charge < -0.3 is 4.90 Å². The summed E-state index contributed by atoms with van der Waals surface area (Å²) in [6.07, 6.45) is -2.68. The van der Waals surface area contributed by atoms with Crippen LogP contribution in [0.5, 0.6) is 0 Å². The Morgan fingerprint density at radius 3 is 2.62 bits per heavy atom. The lowest BCUT2D eigenvalue weighted by molar-refractivity contribution is -0.119. The molecule has 90 valence electrons. The summed E-state index contributed by atoms with van der Waals surface area (Å²) in [6.45, 7) is 1.12. The molecule has 1 rings (SSSR count). The van der Waals surface area contributed by atoms with Crippen LogP contribution in [0.2, 0.25) is 0 Å². The molecular weight excluding hydrogens is 285 g/mol. The smallest absolute Gasteiger partial charge is 0.362 e. The topological polar surface area (TPSA) is 16.1 Å². The molecule has 1 heterocycles. The maximum Gasteiger partial charge on any atom is 0.405 e. The van der Waals surface area contributed by atoms with Crippen molar-refractivity contribution in [2.75, 3.05) is 23.3 Å². The Balaban J connectivity index is 2.85. The van der Waals surface area contributed by atoms with E-state index in [1.807, 2.05) is 0 Å². The molecule has 0 aromatic carbocycles. The highest BCUT2D eigenvalue weighted by atomic mass is 79.9. The van der Waals surface area contributed by atoms with Gasteiger partial charge in [0.15, 0.2) is 0 Å². The molecule has 6 heteroatoms. The summed E-state index contributed by atoms with van der Waals surface area (Å²) >= 11 is 3.15. The average molecular weight is 297 g/mol. The average Bonchev–Trinajstić information content (AvgIpc) is 2.15. The molecule has 0 N–H and O–H groups in total. The first kappa shape index (κ1) is 13.3. The summed E-state index contributed by atoms with van der Waals surface area (Å²) in [5.41, 5.74) is 1.25. The van der Waals surface area contributed by atoms with Crippen LogP contribution in [0.1, 0.15) is 5.69 Å². The van der Waals surface area contributed by atoms with Gasteiger partial charge in [-0.1, -0.05) is 15.9 Å². The van der Waals surface area contributed by atoms with Crippen molar-refractivity contribution in [1.29, 1.82) is 0 Å². The number of hydrogen-bond donors (Lipinski definition) is 0. The Hall–Kier alpha value is -0.780. The lowest BCUT2D eigenvalue weighted by Crippen LogP contribution is -2.35. The van der Waals surface area contributed by atoms with Gasteiger partial charge in [0.25, 0.3) is 0 Å². The fraction of sp³-hybridized carbons (Fsp3) is 0.500. The van der Waals surface area contributed by atoms with Gasteiger partial charge in [0, 0.05) is 29.5 Å². The van der Waals surface area contributed by atoms with Crippen LogP contribution in [0.15, 0.2) is 18.3 Å². The van der Waals surface area contributed by atoms with Crippen LogP contribution < -0.4 is 4.90 Å². The second-order valence-corrected chi connectivity index (χ2v) is 4.17. The highest BCUT2D eigenvalue weighted by Crippen LogP contribution is 2.22. The van der Waals surface area contributed by atoms with E-state index in [-0.39, 0.29) is 0 Å². The van der Waals surface area contributed by atoms with Crippen molar-refractivity contribution in [3.05, 3.63) is 24.0 Å². The van der Waals surface area contributed by atoms with Crippen LogP contribution in [0, 0.1) is 6.92 Å². The van der Waals surface area contributed by atoms with Crippen LogP contribution in [-0.2, 0) is 0 Å². The lowest BCUT2D eigenvalue weighted by atomic mass is 10.3. The number of anilines is 1. The summed E-state index contributed by atoms with van der Waals surface area (Å²) < 4.78 is 37.0. The van der Waals surface area contributed by atoms with Crippen LogP contribution in [0.3, 0.4) is 0 Å². The van der Waals surface area contributed by atoms with Gasteiger partial charge in [-0.05, 0) is 19.1 Å². The van der Waals surface area contributed by atoms with Gasteiger partial charge in [-0.3, -0.25) is 4.98 Å². The summed E-state index contributed by atoms with van der Waals surface area (Å²) in [5, 5.41) is 0.491. The van der Waals surface area contributed by atoms with Gasteiger partial charge in [0.1, 0.15) is 6.54 Å². The minimum absolute atomic E-state index is 0.308. The third kappa shape index (κ3) is 4.38. The number of alkyl halides is 4.